The number of nitrogens with two attached hydrogens (primary N) is 1. The third-order valence-electron chi connectivity index (χ3n) is 4.12. The lowest BCUT2D eigenvalue weighted by Gasteiger charge is -2.26. The average Bonchev–Trinajstić information content (AvgIpc) is 3.06. The lowest BCUT2D eigenvalue weighted by molar-refractivity contribution is -0.384. The first-order chi connectivity index (χ1) is 12.1. The predicted octanol–water partition coefficient (Wildman–Crippen LogP) is 2.54. The zero-order valence-corrected chi connectivity index (χ0v) is 12.8. The fraction of sp³-hybridized carbons (Fsp3) is 0.118. The highest BCUT2D eigenvalue weighted by molar-refractivity contribution is 5.62. The van der Waals surface area contributed by atoms with Crippen molar-refractivity contribution in [3.8, 4) is 23.3 Å². The van der Waals surface area contributed by atoms with Crippen LogP contribution in [-0.2, 0) is 0 Å². The number of nitrogens with zero attached hydrogens (tertiary/aromatic N) is 2. The lowest BCUT2D eigenvalue weighted by atomic mass is 9.83. The second-order valence-electron chi connectivity index (χ2n) is 5.52. The summed E-state index contributed by atoms with van der Waals surface area (Å²) in [5.41, 5.74) is 7.23. The van der Waals surface area contributed by atoms with Crippen LogP contribution in [0.4, 0.5) is 5.69 Å². The van der Waals surface area contributed by atoms with Crippen LogP contribution in [0.3, 0.4) is 0 Å². The molecule has 1 atom stereocenters. The van der Waals surface area contributed by atoms with Gasteiger partial charge >= 0.3 is 0 Å². The Morgan fingerprint density at radius 1 is 1.20 bits per heavy atom. The number of nitro groups is 1. The highest BCUT2D eigenvalue weighted by Gasteiger charge is 2.33. The third-order valence-corrected chi connectivity index (χ3v) is 4.12. The summed E-state index contributed by atoms with van der Waals surface area (Å²) in [4.78, 5) is 10.6. The minimum absolute atomic E-state index is 0.0367. The SMILES string of the molecule is N#CC1=C(N)Oc2cc3c(cc2C1c1cccc([N+](=O)[O-])c1)OCO3. The zero-order chi connectivity index (χ0) is 17.6. The van der Waals surface area contributed by atoms with E-state index in [1.165, 1.54) is 12.1 Å². The van der Waals surface area contributed by atoms with Gasteiger partial charge in [-0.1, -0.05) is 12.1 Å². The van der Waals surface area contributed by atoms with Crippen LogP contribution < -0.4 is 19.9 Å². The lowest BCUT2D eigenvalue weighted by Crippen LogP contribution is -2.21. The molecule has 0 fully saturated rings. The fourth-order valence-electron chi connectivity index (χ4n) is 3.01. The quantitative estimate of drug-likeness (QED) is 0.660. The number of fused-ring (bicyclic) bond motifs is 2. The molecule has 2 aliphatic rings. The van der Waals surface area contributed by atoms with Crippen LogP contribution in [-0.4, -0.2) is 11.7 Å². The van der Waals surface area contributed by atoms with Gasteiger partial charge in [0.05, 0.1) is 10.8 Å². The van der Waals surface area contributed by atoms with Gasteiger partial charge in [-0.15, -0.1) is 0 Å². The Hall–Kier alpha value is -3.73. The summed E-state index contributed by atoms with van der Waals surface area (Å²) in [5, 5.41) is 20.6. The van der Waals surface area contributed by atoms with Crippen LogP contribution in [0.1, 0.15) is 17.0 Å². The number of benzene rings is 2. The molecule has 8 nitrogen and oxygen atoms in total. The van der Waals surface area contributed by atoms with Gasteiger partial charge in [0.25, 0.3) is 5.69 Å². The normalized spacial score (nSPS) is 17.5. The maximum Gasteiger partial charge on any atom is 0.269 e. The van der Waals surface area contributed by atoms with E-state index in [2.05, 4.69) is 0 Å². The molecule has 8 heteroatoms. The van der Waals surface area contributed by atoms with Crippen molar-refractivity contribution in [1.29, 1.82) is 5.26 Å². The molecule has 0 amide bonds. The number of hydrogen-bond donors (Lipinski definition) is 1. The van der Waals surface area contributed by atoms with Crippen LogP contribution in [0.25, 0.3) is 0 Å². The van der Waals surface area contributed by atoms with E-state index >= 15 is 0 Å². The molecule has 2 aliphatic heterocycles. The van der Waals surface area contributed by atoms with Gasteiger partial charge in [0, 0.05) is 23.8 Å². The van der Waals surface area contributed by atoms with Gasteiger partial charge in [0.2, 0.25) is 12.7 Å². The smallest absolute Gasteiger partial charge is 0.269 e. The van der Waals surface area contributed by atoms with Gasteiger partial charge < -0.3 is 19.9 Å². The van der Waals surface area contributed by atoms with Crippen molar-refractivity contribution in [2.45, 2.75) is 5.92 Å². The molecule has 124 valence electrons. The molecule has 2 aromatic carbocycles. The maximum absolute atomic E-state index is 11.1. The summed E-state index contributed by atoms with van der Waals surface area (Å²) in [6.07, 6.45) is 0. The van der Waals surface area contributed by atoms with Gasteiger partial charge in [-0.2, -0.15) is 5.26 Å². The van der Waals surface area contributed by atoms with Crippen LogP contribution in [0, 0.1) is 21.4 Å². The van der Waals surface area contributed by atoms with E-state index in [9.17, 15) is 15.4 Å². The molecule has 2 heterocycles. The minimum atomic E-state index is -0.594. The Labute approximate surface area is 141 Å². The first-order valence-corrected chi connectivity index (χ1v) is 7.34. The van der Waals surface area contributed by atoms with Crippen LogP contribution in [0.5, 0.6) is 17.2 Å². The highest BCUT2D eigenvalue weighted by atomic mass is 16.7. The largest absolute Gasteiger partial charge is 0.454 e. The Morgan fingerprint density at radius 2 is 1.96 bits per heavy atom. The molecule has 0 radical (unpaired) electrons. The molecule has 2 aromatic rings. The average molecular weight is 337 g/mol. The van der Waals surface area contributed by atoms with Gasteiger partial charge in [-0.25, -0.2) is 0 Å². The molecule has 0 aromatic heterocycles. The van der Waals surface area contributed by atoms with Crippen molar-refractivity contribution in [1.82, 2.24) is 0 Å². The Bertz CT molecular complexity index is 977. The Balaban J connectivity index is 1.93. The van der Waals surface area contributed by atoms with Crippen LogP contribution >= 0.6 is 0 Å². The number of allylic oxidation sites excluding steroid dienone is 1. The second-order valence-corrected chi connectivity index (χ2v) is 5.52. The molecule has 0 bridgehead atoms. The zero-order valence-electron chi connectivity index (χ0n) is 12.8. The molecule has 4 rings (SSSR count). The van der Waals surface area contributed by atoms with E-state index in [4.69, 9.17) is 19.9 Å². The molecule has 25 heavy (non-hydrogen) atoms. The van der Waals surface area contributed by atoms with Crippen molar-refractivity contribution in [2.75, 3.05) is 6.79 Å². The molecule has 0 spiro atoms. The molecule has 0 aliphatic carbocycles. The summed E-state index contributed by atoms with van der Waals surface area (Å²) in [6.45, 7) is 0.0910. The van der Waals surface area contributed by atoms with E-state index < -0.39 is 10.8 Å². The van der Waals surface area contributed by atoms with Crippen molar-refractivity contribution in [2.24, 2.45) is 5.73 Å². The number of nitriles is 1. The van der Waals surface area contributed by atoms with E-state index in [1.807, 2.05) is 6.07 Å². The standard InChI is InChI=1S/C17H11N3O5/c18-7-12-16(9-2-1-3-10(4-9)20(21)22)11-5-14-15(24-8-23-14)6-13(11)25-17(12)19/h1-6,16H,8,19H2. The Kier molecular flexibility index (Phi) is 3.22. The van der Waals surface area contributed by atoms with Gasteiger partial charge in [0.15, 0.2) is 11.5 Å². The predicted molar refractivity (Wildman–Crippen MR) is 85.0 cm³/mol. The van der Waals surface area contributed by atoms with Crippen molar-refractivity contribution in [3.05, 3.63) is 69.1 Å². The van der Waals surface area contributed by atoms with Crippen molar-refractivity contribution >= 4 is 5.69 Å². The summed E-state index contributed by atoms with van der Waals surface area (Å²) < 4.78 is 16.3. The fourth-order valence-corrected chi connectivity index (χ4v) is 3.01. The molecular weight excluding hydrogens is 326 g/mol. The number of nitro benzene ring substituents is 1. The van der Waals surface area contributed by atoms with E-state index in [0.717, 1.165) is 0 Å². The Morgan fingerprint density at radius 3 is 2.68 bits per heavy atom. The van der Waals surface area contributed by atoms with E-state index in [-0.39, 0.29) is 23.9 Å². The molecule has 2 N–H and O–H groups in total. The van der Waals surface area contributed by atoms with Gasteiger partial charge in [0.1, 0.15) is 17.4 Å². The summed E-state index contributed by atoms with van der Waals surface area (Å²) in [7, 11) is 0. The van der Waals surface area contributed by atoms with E-state index in [1.54, 1.807) is 24.3 Å². The first kappa shape index (κ1) is 14.8. The third kappa shape index (κ3) is 2.30. The number of hydrogen-bond acceptors (Lipinski definition) is 7. The molecule has 0 saturated heterocycles. The summed E-state index contributed by atoms with van der Waals surface area (Å²) >= 11 is 0. The van der Waals surface area contributed by atoms with Crippen molar-refractivity contribution < 1.29 is 19.1 Å². The molecule has 1 unspecified atom stereocenters. The van der Waals surface area contributed by atoms with Crippen molar-refractivity contribution in [3.63, 3.8) is 0 Å². The first-order valence-electron chi connectivity index (χ1n) is 7.34. The number of non-ortho nitro benzene ring substituents is 1. The number of rotatable bonds is 2. The molecular formula is C17H11N3O5. The monoisotopic (exact) mass is 337 g/mol. The minimum Gasteiger partial charge on any atom is -0.454 e. The molecule has 0 saturated carbocycles. The van der Waals surface area contributed by atoms with Gasteiger partial charge in [-0.3, -0.25) is 10.1 Å². The topological polar surface area (TPSA) is 121 Å². The summed E-state index contributed by atoms with van der Waals surface area (Å²) in [6, 6.07) is 11.5. The highest BCUT2D eigenvalue weighted by Crippen LogP contribution is 2.48. The second kappa shape index (κ2) is 5.42. The maximum atomic E-state index is 11.1. The van der Waals surface area contributed by atoms with E-state index in [0.29, 0.717) is 28.4 Å². The van der Waals surface area contributed by atoms with Gasteiger partial charge in [-0.05, 0) is 11.6 Å². The number of ether oxygens (including phenoxy) is 3. The van der Waals surface area contributed by atoms with Crippen LogP contribution in [0.2, 0.25) is 0 Å². The summed E-state index contributed by atoms with van der Waals surface area (Å²) in [5.74, 6) is 0.839. The van der Waals surface area contributed by atoms with Crippen LogP contribution in [0.15, 0.2) is 47.9 Å².